The Morgan fingerprint density at radius 2 is 1.68 bits per heavy atom. The Labute approximate surface area is 151 Å². The van der Waals surface area contributed by atoms with Crippen molar-refractivity contribution in [1.29, 1.82) is 0 Å². The molecule has 0 aliphatic carbocycles. The first kappa shape index (κ1) is 18.9. The zero-order valence-corrected chi connectivity index (χ0v) is 14.9. The fourth-order valence-corrected chi connectivity index (χ4v) is 2.28. The van der Waals surface area contributed by atoms with E-state index in [1.807, 2.05) is 0 Å². The molecule has 0 aliphatic rings. The average Bonchev–Trinajstić information content (AvgIpc) is 2.58. The molecule has 0 bridgehead atoms. The van der Waals surface area contributed by atoms with Crippen LogP contribution in [0, 0.1) is 11.2 Å². The Kier molecular flexibility index (Phi) is 6.15. The Hall–Kier alpha value is -2.40. The Morgan fingerprint density at radius 3 is 2.32 bits per heavy atom. The minimum absolute atomic E-state index is 0.247. The molecule has 0 radical (unpaired) electrons. The second-order valence-corrected chi connectivity index (χ2v) is 6.62. The summed E-state index contributed by atoms with van der Waals surface area (Å²) < 4.78 is 13.6. The number of carbonyl (C=O) groups is 2. The van der Waals surface area contributed by atoms with E-state index in [-0.39, 0.29) is 12.4 Å². The Balaban J connectivity index is 1.91. The number of hydrogen-bond donors (Lipinski definition) is 2. The van der Waals surface area contributed by atoms with Gasteiger partial charge in [-0.1, -0.05) is 29.8 Å². The van der Waals surface area contributed by atoms with Crippen molar-refractivity contribution in [3.05, 3.63) is 64.9 Å². The van der Waals surface area contributed by atoms with Crippen LogP contribution >= 0.6 is 11.6 Å². The minimum Gasteiger partial charge on any atom is -0.355 e. The number of hydrogen-bond acceptors (Lipinski definition) is 2. The first-order chi connectivity index (χ1) is 11.8. The number of anilines is 1. The van der Waals surface area contributed by atoms with Crippen molar-refractivity contribution in [3.8, 4) is 0 Å². The predicted octanol–water partition coefficient (Wildman–Crippen LogP) is 3.80. The smallest absolute Gasteiger partial charge is 0.239 e. The number of nitrogens with one attached hydrogen (secondary N) is 2. The summed E-state index contributed by atoms with van der Waals surface area (Å²) in [6.07, 6.45) is 0.354. The summed E-state index contributed by atoms with van der Waals surface area (Å²) in [4.78, 5) is 24.7. The summed E-state index contributed by atoms with van der Waals surface area (Å²) in [5.74, 6) is -1.16. The topological polar surface area (TPSA) is 58.2 Å². The molecule has 2 aromatic carbocycles. The van der Waals surface area contributed by atoms with Crippen LogP contribution in [0.15, 0.2) is 48.5 Å². The molecule has 4 nitrogen and oxygen atoms in total. The van der Waals surface area contributed by atoms with Gasteiger partial charge in [-0.25, -0.2) is 4.39 Å². The van der Waals surface area contributed by atoms with Gasteiger partial charge in [-0.15, -0.1) is 0 Å². The average molecular weight is 363 g/mol. The number of benzene rings is 2. The summed E-state index contributed by atoms with van der Waals surface area (Å²) in [6.45, 7) is 3.32. The van der Waals surface area contributed by atoms with E-state index in [1.165, 1.54) is 19.9 Å². The van der Waals surface area contributed by atoms with E-state index in [4.69, 9.17) is 11.6 Å². The molecule has 0 atom stereocenters. The standard InChI is InChI=1S/C19H20ClFN2O2/c1-19(2,18(25)23-15-9-7-14(20)8-10-15)17(24)22-12-11-13-5-3-4-6-16(13)21/h3-10H,11-12H2,1-2H3,(H,22,24)(H,23,25). The molecule has 2 amide bonds. The van der Waals surface area contributed by atoms with E-state index < -0.39 is 17.2 Å². The molecule has 132 valence electrons. The number of amides is 2. The second kappa shape index (κ2) is 8.12. The van der Waals surface area contributed by atoms with Crippen molar-refractivity contribution >= 4 is 29.1 Å². The fourth-order valence-electron chi connectivity index (χ4n) is 2.16. The van der Waals surface area contributed by atoms with Crippen LogP contribution in [-0.2, 0) is 16.0 Å². The molecule has 2 aromatic rings. The van der Waals surface area contributed by atoms with Gasteiger partial charge in [0, 0.05) is 17.3 Å². The molecule has 0 saturated carbocycles. The molecule has 0 heterocycles. The molecule has 25 heavy (non-hydrogen) atoms. The van der Waals surface area contributed by atoms with Crippen LogP contribution < -0.4 is 10.6 Å². The molecule has 6 heteroatoms. The van der Waals surface area contributed by atoms with Crippen LogP contribution in [0.2, 0.25) is 5.02 Å². The van der Waals surface area contributed by atoms with E-state index in [2.05, 4.69) is 10.6 Å². The van der Waals surface area contributed by atoms with Crippen LogP contribution in [0.5, 0.6) is 0 Å². The highest BCUT2D eigenvalue weighted by atomic mass is 35.5. The lowest BCUT2D eigenvalue weighted by atomic mass is 9.91. The van der Waals surface area contributed by atoms with Gasteiger partial charge in [0.2, 0.25) is 11.8 Å². The van der Waals surface area contributed by atoms with Crippen molar-refractivity contribution in [2.75, 3.05) is 11.9 Å². The SMILES string of the molecule is CC(C)(C(=O)NCCc1ccccc1F)C(=O)Nc1ccc(Cl)cc1. The normalized spacial score (nSPS) is 11.0. The van der Waals surface area contributed by atoms with Crippen molar-refractivity contribution in [3.63, 3.8) is 0 Å². The summed E-state index contributed by atoms with van der Waals surface area (Å²) >= 11 is 5.80. The van der Waals surface area contributed by atoms with Gasteiger partial charge in [0.25, 0.3) is 0 Å². The van der Waals surface area contributed by atoms with Crippen molar-refractivity contribution in [2.45, 2.75) is 20.3 Å². The molecule has 0 fully saturated rings. The largest absolute Gasteiger partial charge is 0.355 e. The third-order valence-corrected chi connectivity index (χ3v) is 4.13. The Morgan fingerprint density at radius 1 is 1.04 bits per heavy atom. The van der Waals surface area contributed by atoms with Crippen LogP contribution in [-0.4, -0.2) is 18.4 Å². The molecule has 0 aromatic heterocycles. The van der Waals surface area contributed by atoms with Gasteiger partial charge in [-0.2, -0.15) is 0 Å². The molecule has 0 aliphatic heterocycles. The van der Waals surface area contributed by atoms with Gasteiger partial charge in [0.15, 0.2) is 0 Å². The zero-order valence-electron chi connectivity index (χ0n) is 14.1. The molecule has 2 rings (SSSR count). The predicted molar refractivity (Wildman–Crippen MR) is 97.0 cm³/mol. The van der Waals surface area contributed by atoms with Crippen molar-refractivity contribution in [2.24, 2.45) is 5.41 Å². The maximum atomic E-state index is 13.6. The lowest BCUT2D eigenvalue weighted by Crippen LogP contribution is -2.45. The summed E-state index contributed by atoms with van der Waals surface area (Å²) in [5, 5.41) is 5.93. The molecule has 0 spiro atoms. The van der Waals surface area contributed by atoms with Crippen LogP contribution in [0.25, 0.3) is 0 Å². The van der Waals surface area contributed by atoms with Crippen LogP contribution in [0.4, 0.5) is 10.1 Å². The first-order valence-corrected chi connectivity index (χ1v) is 8.27. The Bertz CT molecular complexity index is 760. The van der Waals surface area contributed by atoms with Crippen LogP contribution in [0.3, 0.4) is 0 Å². The molecular formula is C19H20ClFN2O2. The van der Waals surface area contributed by atoms with Gasteiger partial charge in [-0.3, -0.25) is 9.59 Å². The van der Waals surface area contributed by atoms with E-state index in [0.29, 0.717) is 22.7 Å². The highest BCUT2D eigenvalue weighted by Crippen LogP contribution is 2.20. The summed E-state index contributed by atoms with van der Waals surface area (Å²) in [7, 11) is 0. The quantitative estimate of drug-likeness (QED) is 0.768. The van der Waals surface area contributed by atoms with Gasteiger partial charge >= 0.3 is 0 Å². The van der Waals surface area contributed by atoms with Crippen molar-refractivity contribution < 1.29 is 14.0 Å². The summed E-state index contributed by atoms with van der Waals surface area (Å²) in [5.41, 5.74) is -0.192. The fraction of sp³-hybridized carbons (Fsp3) is 0.263. The molecule has 0 unspecified atom stereocenters. The molecular weight excluding hydrogens is 343 g/mol. The maximum Gasteiger partial charge on any atom is 0.239 e. The first-order valence-electron chi connectivity index (χ1n) is 7.89. The highest BCUT2D eigenvalue weighted by Gasteiger charge is 2.35. The monoisotopic (exact) mass is 362 g/mol. The maximum absolute atomic E-state index is 13.6. The lowest BCUT2D eigenvalue weighted by molar-refractivity contribution is -0.138. The van der Waals surface area contributed by atoms with Gasteiger partial charge < -0.3 is 10.6 Å². The van der Waals surface area contributed by atoms with E-state index in [0.717, 1.165) is 0 Å². The van der Waals surface area contributed by atoms with E-state index in [1.54, 1.807) is 42.5 Å². The van der Waals surface area contributed by atoms with Gasteiger partial charge in [-0.05, 0) is 56.2 Å². The van der Waals surface area contributed by atoms with Gasteiger partial charge in [0.05, 0.1) is 0 Å². The van der Waals surface area contributed by atoms with Crippen LogP contribution in [0.1, 0.15) is 19.4 Å². The molecule has 0 saturated heterocycles. The van der Waals surface area contributed by atoms with E-state index in [9.17, 15) is 14.0 Å². The molecule has 2 N–H and O–H groups in total. The highest BCUT2D eigenvalue weighted by molar-refractivity contribution is 6.30. The van der Waals surface area contributed by atoms with Gasteiger partial charge in [0.1, 0.15) is 11.2 Å². The second-order valence-electron chi connectivity index (χ2n) is 6.18. The van der Waals surface area contributed by atoms with E-state index >= 15 is 0 Å². The number of carbonyl (C=O) groups excluding carboxylic acids is 2. The third-order valence-electron chi connectivity index (χ3n) is 3.88. The zero-order chi connectivity index (χ0) is 18.4. The lowest BCUT2D eigenvalue weighted by Gasteiger charge is -2.22. The third kappa shape index (κ3) is 5.03. The number of rotatable bonds is 6. The number of halogens is 2. The summed E-state index contributed by atoms with van der Waals surface area (Å²) in [6, 6.07) is 13.0. The minimum atomic E-state index is -1.27. The van der Waals surface area contributed by atoms with Crippen molar-refractivity contribution in [1.82, 2.24) is 5.32 Å².